The quantitative estimate of drug-likeness (QED) is 0.499. The van der Waals surface area contributed by atoms with Crippen molar-refractivity contribution >= 4 is 21.9 Å². The van der Waals surface area contributed by atoms with Gasteiger partial charge in [-0.1, -0.05) is 36.4 Å². The van der Waals surface area contributed by atoms with Gasteiger partial charge in [-0.05, 0) is 49.9 Å². The lowest BCUT2D eigenvalue weighted by molar-refractivity contribution is 0.227. The van der Waals surface area contributed by atoms with Crippen molar-refractivity contribution in [3.8, 4) is 0 Å². The summed E-state index contributed by atoms with van der Waals surface area (Å²) in [6.07, 6.45) is 6.88. The van der Waals surface area contributed by atoms with E-state index in [9.17, 15) is 0 Å². The molecule has 2 aromatic heterocycles. The summed E-state index contributed by atoms with van der Waals surface area (Å²) in [5.74, 6) is 1.18. The number of rotatable bonds is 5. The molecule has 0 saturated heterocycles. The molecule has 0 unspecified atom stereocenters. The van der Waals surface area contributed by atoms with Crippen LogP contribution < -0.4 is 0 Å². The van der Waals surface area contributed by atoms with Crippen LogP contribution in [0.15, 0.2) is 59.1 Å². The van der Waals surface area contributed by atoms with Crippen LogP contribution in [0.25, 0.3) is 21.9 Å². The van der Waals surface area contributed by atoms with Gasteiger partial charge in [0.25, 0.3) is 0 Å². The van der Waals surface area contributed by atoms with E-state index in [-0.39, 0.29) is 0 Å². The van der Waals surface area contributed by atoms with Gasteiger partial charge >= 0.3 is 0 Å². The molecular weight excluding hydrogens is 320 g/mol. The van der Waals surface area contributed by atoms with Crippen molar-refractivity contribution in [1.82, 2.24) is 9.88 Å². The molecule has 3 nitrogen and oxygen atoms in total. The lowest BCUT2D eigenvalue weighted by Crippen LogP contribution is -2.30. The fraction of sp³-hybridized carbons (Fsp3) is 0.304. The number of aromatic nitrogens is 1. The molecule has 0 bridgehead atoms. The average molecular weight is 344 g/mol. The molecule has 1 aliphatic heterocycles. The third-order valence-corrected chi connectivity index (χ3v) is 5.67. The molecule has 0 radical (unpaired) electrons. The minimum absolute atomic E-state index is 0.955. The number of unbranched alkanes of at least 4 members (excludes halogenated alkanes) is 1. The monoisotopic (exact) mass is 344 g/mol. The zero-order valence-electron chi connectivity index (χ0n) is 15.0. The van der Waals surface area contributed by atoms with Crippen molar-refractivity contribution in [3.05, 3.63) is 71.6 Å². The summed E-state index contributed by atoms with van der Waals surface area (Å²) >= 11 is 0. The zero-order chi connectivity index (χ0) is 17.3. The highest BCUT2D eigenvalue weighted by atomic mass is 16.3. The second-order valence-corrected chi connectivity index (χ2v) is 7.34. The van der Waals surface area contributed by atoms with E-state index in [0.29, 0.717) is 0 Å². The molecule has 1 N–H and O–H groups in total. The normalized spacial score (nSPS) is 14.9. The largest absolute Gasteiger partial charge is 0.459 e. The first kappa shape index (κ1) is 15.7. The Bertz CT molecular complexity index is 1040. The number of furan rings is 1. The Kier molecular flexibility index (Phi) is 4.02. The second kappa shape index (κ2) is 6.65. The maximum Gasteiger partial charge on any atom is 0.134 e. The molecule has 26 heavy (non-hydrogen) atoms. The highest BCUT2D eigenvalue weighted by Gasteiger charge is 2.21. The molecule has 0 aliphatic carbocycles. The summed E-state index contributed by atoms with van der Waals surface area (Å²) in [7, 11) is 0. The minimum atomic E-state index is 0.955. The van der Waals surface area contributed by atoms with Gasteiger partial charge in [-0.25, -0.2) is 0 Å². The average Bonchev–Trinajstić information content (AvgIpc) is 3.26. The first-order valence-electron chi connectivity index (χ1n) is 9.65. The Hall–Kier alpha value is -2.52. The molecule has 2 aromatic carbocycles. The first-order chi connectivity index (χ1) is 12.9. The Balaban J connectivity index is 1.18. The van der Waals surface area contributed by atoms with E-state index in [0.717, 1.165) is 38.1 Å². The van der Waals surface area contributed by atoms with Crippen LogP contribution in [-0.2, 0) is 19.4 Å². The Morgan fingerprint density at radius 3 is 2.77 bits per heavy atom. The third-order valence-electron chi connectivity index (χ3n) is 5.67. The number of hydrogen-bond donors (Lipinski definition) is 1. The van der Waals surface area contributed by atoms with Gasteiger partial charge in [-0.15, -0.1) is 0 Å². The van der Waals surface area contributed by atoms with Crippen LogP contribution in [0.5, 0.6) is 0 Å². The standard InChI is InChI=1S/C23H24N2O/c1-3-10-21-18(8-1)17(15-24-21)7-5-6-13-25-14-12-20-19-9-2-4-11-22(19)26-23(20)16-25/h1-4,8-11,15,24H,5-7,12-14,16H2. The number of aromatic amines is 1. The summed E-state index contributed by atoms with van der Waals surface area (Å²) in [6.45, 7) is 3.25. The predicted octanol–water partition coefficient (Wildman–Crippen LogP) is 5.30. The Labute approximate surface area is 153 Å². The first-order valence-corrected chi connectivity index (χ1v) is 9.65. The summed E-state index contributed by atoms with van der Waals surface area (Å²) in [5, 5.41) is 2.68. The van der Waals surface area contributed by atoms with Crippen LogP contribution in [-0.4, -0.2) is 23.0 Å². The topological polar surface area (TPSA) is 32.2 Å². The van der Waals surface area contributed by atoms with Crippen LogP contribution in [0.4, 0.5) is 0 Å². The van der Waals surface area contributed by atoms with Crippen LogP contribution in [0.3, 0.4) is 0 Å². The number of nitrogens with zero attached hydrogens (tertiary/aromatic N) is 1. The van der Waals surface area contributed by atoms with E-state index < -0.39 is 0 Å². The predicted molar refractivity (Wildman–Crippen MR) is 106 cm³/mol. The summed E-state index contributed by atoms with van der Waals surface area (Å²) in [4.78, 5) is 5.92. The Morgan fingerprint density at radius 2 is 1.81 bits per heavy atom. The molecule has 3 heteroatoms. The zero-order valence-corrected chi connectivity index (χ0v) is 15.0. The fourth-order valence-electron chi connectivity index (χ4n) is 4.28. The van der Waals surface area contributed by atoms with Gasteiger partial charge in [-0.3, -0.25) is 4.90 Å². The number of hydrogen-bond acceptors (Lipinski definition) is 2. The van der Waals surface area contributed by atoms with Gasteiger partial charge < -0.3 is 9.40 Å². The third kappa shape index (κ3) is 2.82. The van der Waals surface area contributed by atoms with Gasteiger partial charge in [0, 0.05) is 34.6 Å². The van der Waals surface area contributed by atoms with E-state index in [4.69, 9.17) is 4.42 Å². The molecule has 0 spiro atoms. The number of para-hydroxylation sites is 2. The van der Waals surface area contributed by atoms with Crippen molar-refractivity contribution in [1.29, 1.82) is 0 Å². The SMILES string of the molecule is c1ccc2c(CCCCN3CCc4c(oc5ccccc45)C3)c[nH]c2c1. The molecule has 0 amide bonds. The van der Waals surface area contributed by atoms with E-state index in [1.807, 2.05) is 0 Å². The maximum atomic E-state index is 6.09. The molecule has 0 atom stereocenters. The molecule has 132 valence electrons. The van der Waals surface area contributed by atoms with E-state index >= 15 is 0 Å². The van der Waals surface area contributed by atoms with Gasteiger partial charge in [0.15, 0.2) is 0 Å². The highest BCUT2D eigenvalue weighted by molar-refractivity contribution is 5.83. The maximum absolute atomic E-state index is 6.09. The number of H-pyrrole nitrogens is 1. The van der Waals surface area contributed by atoms with Gasteiger partial charge in [-0.2, -0.15) is 0 Å². The lowest BCUT2D eigenvalue weighted by Gasteiger charge is -2.25. The molecule has 1 aliphatic rings. The van der Waals surface area contributed by atoms with Crippen molar-refractivity contribution in [2.24, 2.45) is 0 Å². The fourth-order valence-corrected chi connectivity index (χ4v) is 4.28. The van der Waals surface area contributed by atoms with Gasteiger partial charge in [0.1, 0.15) is 11.3 Å². The summed E-state index contributed by atoms with van der Waals surface area (Å²) in [5.41, 5.74) is 5.16. The van der Waals surface area contributed by atoms with Crippen LogP contribution in [0.2, 0.25) is 0 Å². The molecule has 4 aromatic rings. The summed E-state index contributed by atoms with van der Waals surface area (Å²) in [6, 6.07) is 17.0. The smallest absolute Gasteiger partial charge is 0.134 e. The van der Waals surface area contributed by atoms with E-state index in [1.165, 1.54) is 46.0 Å². The minimum Gasteiger partial charge on any atom is -0.459 e. The molecule has 3 heterocycles. The molecule has 0 fully saturated rings. The van der Waals surface area contributed by atoms with Crippen molar-refractivity contribution < 1.29 is 4.42 Å². The highest BCUT2D eigenvalue weighted by Crippen LogP contribution is 2.30. The van der Waals surface area contributed by atoms with E-state index in [1.54, 1.807) is 0 Å². The Morgan fingerprint density at radius 1 is 0.962 bits per heavy atom. The van der Waals surface area contributed by atoms with Crippen molar-refractivity contribution in [2.75, 3.05) is 13.1 Å². The van der Waals surface area contributed by atoms with Crippen LogP contribution in [0, 0.1) is 0 Å². The van der Waals surface area contributed by atoms with Crippen molar-refractivity contribution in [3.63, 3.8) is 0 Å². The number of nitrogens with one attached hydrogen (secondary N) is 1. The number of benzene rings is 2. The van der Waals surface area contributed by atoms with Crippen LogP contribution in [0.1, 0.15) is 29.7 Å². The molecule has 0 saturated carbocycles. The van der Waals surface area contributed by atoms with E-state index in [2.05, 4.69) is 64.6 Å². The van der Waals surface area contributed by atoms with Gasteiger partial charge in [0.2, 0.25) is 0 Å². The number of aryl methyl sites for hydroxylation is 1. The second-order valence-electron chi connectivity index (χ2n) is 7.34. The van der Waals surface area contributed by atoms with Crippen LogP contribution >= 0.6 is 0 Å². The summed E-state index contributed by atoms with van der Waals surface area (Å²) < 4.78 is 6.09. The number of fused-ring (bicyclic) bond motifs is 4. The lowest BCUT2D eigenvalue weighted by atomic mass is 10.0. The molecular formula is C23H24N2O. The van der Waals surface area contributed by atoms with Gasteiger partial charge in [0.05, 0.1) is 6.54 Å². The van der Waals surface area contributed by atoms with Crippen molar-refractivity contribution in [2.45, 2.75) is 32.2 Å². The molecule has 5 rings (SSSR count).